The van der Waals surface area contributed by atoms with Crippen LogP contribution in [0.15, 0.2) is 18.6 Å². The predicted octanol–water partition coefficient (Wildman–Crippen LogP) is 3.72. The number of H-pyrrole nitrogens is 1. The van der Waals surface area contributed by atoms with E-state index in [4.69, 9.17) is 0 Å². The molecule has 1 amide bonds. The smallest absolute Gasteiger partial charge is 0.264 e. The minimum Gasteiger partial charge on any atom is -0.353 e. The van der Waals surface area contributed by atoms with Gasteiger partial charge in [0.15, 0.2) is 5.65 Å². The van der Waals surface area contributed by atoms with Gasteiger partial charge < -0.3 is 15.2 Å². The standard InChI is InChI=1S/C22H26N6OS/c1-12(2)18-19(15-10-28-21(24-11-25-28)14(4)13(15)3)26-16-9-17(30-20(16)18)22(29)27-7-5-23-6-8-27/h9-12,23,26H,5-8H2,1-4H3. The number of thiophene rings is 1. The normalized spacial score (nSPS) is 15.0. The number of aromatic amines is 1. The van der Waals surface area contributed by atoms with Crippen molar-refractivity contribution >= 4 is 33.1 Å². The van der Waals surface area contributed by atoms with Crippen LogP contribution in [0.4, 0.5) is 0 Å². The zero-order valence-corrected chi connectivity index (χ0v) is 18.6. The molecule has 30 heavy (non-hydrogen) atoms. The number of nitrogens with one attached hydrogen (secondary N) is 2. The van der Waals surface area contributed by atoms with E-state index in [1.807, 2.05) is 15.5 Å². The van der Waals surface area contributed by atoms with Gasteiger partial charge in [0, 0.05) is 37.9 Å². The van der Waals surface area contributed by atoms with Crippen molar-refractivity contribution in [3.05, 3.63) is 40.2 Å². The molecule has 5 rings (SSSR count). The Kier molecular flexibility index (Phi) is 4.63. The van der Waals surface area contributed by atoms with E-state index >= 15 is 0 Å². The number of hydrogen-bond donors (Lipinski definition) is 2. The highest BCUT2D eigenvalue weighted by Gasteiger charge is 2.25. The van der Waals surface area contributed by atoms with Crippen LogP contribution < -0.4 is 5.32 Å². The summed E-state index contributed by atoms with van der Waals surface area (Å²) in [6.45, 7) is 11.9. The Hall–Kier alpha value is -2.71. The number of fused-ring (bicyclic) bond motifs is 2. The van der Waals surface area contributed by atoms with E-state index in [0.29, 0.717) is 5.92 Å². The maximum Gasteiger partial charge on any atom is 0.264 e. The molecule has 4 aromatic heterocycles. The first-order valence-electron chi connectivity index (χ1n) is 10.4. The Labute approximate surface area is 179 Å². The van der Waals surface area contributed by atoms with Crippen LogP contribution in [0.3, 0.4) is 0 Å². The van der Waals surface area contributed by atoms with Crippen LogP contribution in [0.25, 0.3) is 27.1 Å². The summed E-state index contributed by atoms with van der Waals surface area (Å²) in [4.78, 5) is 23.8. The van der Waals surface area contributed by atoms with Gasteiger partial charge in [-0.25, -0.2) is 9.50 Å². The molecule has 1 aliphatic heterocycles. The fourth-order valence-electron chi connectivity index (χ4n) is 4.35. The lowest BCUT2D eigenvalue weighted by molar-refractivity contribution is 0.0741. The number of piperazine rings is 1. The SMILES string of the molecule is Cc1c(-c2[nH]c3cc(C(=O)N4CCNCC4)sc3c2C(C)C)cn2ncnc2c1C. The van der Waals surface area contributed by atoms with Crippen molar-refractivity contribution in [1.82, 2.24) is 29.8 Å². The van der Waals surface area contributed by atoms with Gasteiger partial charge in [-0.15, -0.1) is 11.3 Å². The van der Waals surface area contributed by atoms with Crippen LogP contribution in [-0.2, 0) is 0 Å². The Morgan fingerprint density at radius 1 is 1.20 bits per heavy atom. The molecule has 1 aliphatic rings. The number of amides is 1. The number of carbonyl (C=O) groups excluding carboxylic acids is 1. The lowest BCUT2D eigenvalue weighted by Gasteiger charge is -2.26. The summed E-state index contributed by atoms with van der Waals surface area (Å²) in [5, 5.41) is 7.66. The molecule has 1 saturated heterocycles. The molecule has 0 bridgehead atoms. The van der Waals surface area contributed by atoms with Crippen molar-refractivity contribution in [2.24, 2.45) is 0 Å². The van der Waals surface area contributed by atoms with Gasteiger partial charge in [-0.05, 0) is 42.5 Å². The van der Waals surface area contributed by atoms with Gasteiger partial charge in [-0.2, -0.15) is 5.10 Å². The molecule has 8 heteroatoms. The minimum atomic E-state index is 0.137. The Morgan fingerprint density at radius 3 is 2.70 bits per heavy atom. The van der Waals surface area contributed by atoms with Gasteiger partial charge in [0.05, 0.1) is 20.8 Å². The summed E-state index contributed by atoms with van der Waals surface area (Å²) in [6, 6.07) is 2.02. The maximum atomic E-state index is 13.0. The van der Waals surface area contributed by atoms with Crippen molar-refractivity contribution in [3.63, 3.8) is 0 Å². The molecule has 7 nitrogen and oxygen atoms in total. The molecule has 0 saturated carbocycles. The Balaban J connectivity index is 1.64. The minimum absolute atomic E-state index is 0.137. The van der Waals surface area contributed by atoms with Crippen molar-refractivity contribution in [2.45, 2.75) is 33.6 Å². The van der Waals surface area contributed by atoms with Gasteiger partial charge in [-0.3, -0.25) is 4.79 Å². The zero-order valence-electron chi connectivity index (χ0n) is 17.7. The number of carbonyl (C=O) groups is 1. The van der Waals surface area contributed by atoms with Gasteiger partial charge in [0.1, 0.15) is 6.33 Å². The zero-order chi connectivity index (χ0) is 21.0. The molecule has 1 fully saturated rings. The molecule has 2 N–H and O–H groups in total. The number of hydrogen-bond acceptors (Lipinski definition) is 5. The van der Waals surface area contributed by atoms with E-state index in [2.05, 4.69) is 54.3 Å². The Morgan fingerprint density at radius 2 is 1.97 bits per heavy atom. The summed E-state index contributed by atoms with van der Waals surface area (Å²) in [5.41, 5.74) is 7.76. The van der Waals surface area contributed by atoms with Crippen molar-refractivity contribution in [3.8, 4) is 11.3 Å². The van der Waals surface area contributed by atoms with E-state index in [-0.39, 0.29) is 5.91 Å². The Bertz CT molecular complexity index is 1260. The number of rotatable bonds is 3. The van der Waals surface area contributed by atoms with E-state index < -0.39 is 0 Å². The topological polar surface area (TPSA) is 78.3 Å². The van der Waals surface area contributed by atoms with Crippen LogP contribution in [0.2, 0.25) is 0 Å². The first kappa shape index (κ1) is 19.3. The third-order valence-corrected chi connectivity index (χ3v) is 7.25. The number of aryl methyl sites for hydroxylation is 1. The lowest BCUT2D eigenvalue weighted by atomic mass is 9.96. The fourth-order valence-corrected chi connectivity index (χ4v) is 5.63. The second-order valence-corrected chi connectivity index (χ2v) is 9.34. The summed E-state index contributed by atoms with van der Waals surface area (Å²) in [6.07, 6.45) is 3.65. The van der Waals surface area contributed by atoms with Crippen LogP contribution in [0.5, 0.6) is 0 Å². The molecule has 0 spiro atoms. The molecule has 0 atom stereocenters. The van der Waals surface area contributed by atoms with Gasteiger partial charge in [-0.1, -0.05) is 13.8 Å². The summed E-state index contributed by atoms with van der Waals surface area (Å²) < 4.78 is 3.02. The quantitative estimate of drug-likeness (QED) is 0.527. The number of aromatic nitrogens is 4. The first-order valence-corrected chi connectivity index (χ1v) is 11.2. The van der Waals surface area contributed by atoms with Crippen molar-refractivity contribution in [1.29, 1.82) is 0 Å². The van der Waals surface area contributed by atoms with Crippen LogP contribution in [0, 0.1) is 13.8 Å². The fraction of sp³-hybridized carbons (Fsp3) is 0.409. The molecule has 4 aromatic rings. The summed E-state index contributed by atoms with van der Waals surface area (Å²) in [5.74, 6) is 0.458. The molecule has 5 heterocycles. The molecule has 0 radical (unpaired) electrons. The molecular formula is C22H26N6OS. The number of nitrogens with zero attached hydrogens (tertiary/aromatic N) is 4. The van der Waals surface area contributed by atoms with E-state index in [1.54, 1.807) is 17.7 Å². The van der Waals surface area contributed by atoms with Gasteiger partial charge in [0.2, 0.25) is 0 Å². The number of pyridine rings is 1. The van der Waals surface area contributed by atoms with E-state index in [0.717, 1.165) is 59.0 Å². The highest BCUT2D eigenvalue weighted by atomic mass is 32.1. The van der Waals surface area contributed by atoms with E-state index in [9.17, 15) is 4.79 Å². The predicted molar refractivity (Wildman–Crippen MR) is 120 cm³/mol. The van der Waals surface area contributed by atoms with Crippen molar-refractivity contribution in [2.75, 3.05) is 26.2 Å². The summed E-state index contributed by atoms with van der Waals surface area (Å²) in [7, 11) is 0. The van der Waals surface area contributed by atoms with Gasteiger partial charge in [0.25, 0.3) is 5.91 Å². The third-order valence-electron chi connectivity index (χ3n) is 6.09. The van der Waals surface area contributed by atoms with Crippen LogP contribution in [-0.4, -0.2) is 56.6 Å². The second kappa shape index (κ2) is 7.21. The average molecular weight is 423 g/mol. The molecule has 156 valence electrons. The second-order valence-electron chi connectivity index (χ2n) is 8.29. The molecule has 0 aliphatic carbocycles. The highest BCUT2D eigenvalue weighted by Crippen LogP contribution is 2.41. The third kappa shape index (κ3) is 2.94. The monoisotopic (exact) mass is 422 g/mol. The van der Waals surface area contributed by atoms with E-state index in [1.165, 1.54) is 15.8 Å². The van der Waals surface area contributed by atoms with Gasteiger partial charge >= 0.3 is 0 Å². The summed E-state index contributed by atoms with van der Waals surface area (Å²) >= 11 is 1.61. The lowest BCUT2D eigenvalue weighted by Crippen LogP contribution is -2.46. The first-order chi connectivity index (χ1) is 14.5. The molecular weight excluding hydrogens is 396 g/mol. The molecule has 0 unspecified atom stereocenters. The maximum absolute atomic E-state index is 13.0. The van der Waals surface area contributed by atoms with Crippen LogP contribution >= 0.6 is 11.3 Å². The average Bonchev–Trinajstić information content (AvgIpc) is 3.44. The molecule has 0 aromatic carbocycles. The largest absolute Gasteiger partial charge is 0.353 e. The van der Waals surface area contributed by atoms with Crippen molar-refractivity contribution < 1.29 is 4.79 Å². The van der Waals surface area contributed by atoms with Crippen LogP contribution in [0.1, 0.15) is 46.1 Å². The highest BCUT2D eigenvalue weighted by molar-refractivity contribution is 7.21.